The smallest absolute Gasteiger partial charge is 0.340 e. The molecule has 0 saturated carbocycles. The molecule has 0 saturated heterocycles. The molecular formula is C22H24N2O6. The summed E-state index contributed by atoms with van der Waals surface area (Å²) in [5, 5.41) is 0. The average Bonchev–Trinajstić information content (AvgIpc) is 2.73. The summed E-state index contributed by atoms with van der Waals surface area (Å²) in [5.41, 5.74) is 8.50. The number of methoxy groups -OCH3 is 1. The molecule has 2 N–H and O–H groups in total. The van der Waals surface area contributed by atoms with Gasteiger partial charge in [0.15, 0.2) is 0 Å². The maximum absolute atomic E-state index is 12.6. The molecule has 1 aromatic heterocycles. The van der Waals surface area contributed by atoms with Crippen LogP contribution in [0.2, 0.25) is 0 Å². The molecule has 1 atom stereocenters. The molecule has 2 heterocycles. The summed E-state index contributed by atoms with van der Waals surface area (Å²) in [5.74, 6) is -0.850. The topological polar surface area (TPSA) is 110 Å². The number of nitrogens with zero attached hydrogens (tertiary/aromatic N) is 1. The minimum Gasteiger partial charge on any atom is -0.481 e. The molecule has 30 heavy (non-hydrogen) atoms. The van der Waals surface area contributed by atoms with Crippen molar-refractivity contribution in [3.8, 4) is 22.8 Å². The molecule has 0 bridgehead atoms. The second-order valence-electron chi connectivity index (χ2n) is 6.50. The number of fused-ring (bicyclic) bond motifs is 1. The van der Waals surface area contributed by atoms with Gasteiger partial charge in [0.2, 0.25) is 11.8 Å². The minimum absolute atomic E-state index is 0.0673. The van der Waals surface area contributed by atoms with E-state index < -0.39 is 17.9 Å². The first kappa shape index (κ1) is 21.2. The lowest BCUT2D eigenvalue weighted by atomic mass is 9.84. The molecule has 1 aromatic carbocycles. The molecule has 0 aliphatic carbocycles. The minimum atomic E-state index is -0.657. The van der Waals surface area contributed by atoms with E-state index in [1.54, 1.807) is 39.3 Å². The highest BCUT2D eigenvalue weighted by Gasteiger charge is 2.36. The average molecular weight is 412 g/mol. The van der Waals surface area contributed by atoms with Crippen LogP contribution in [0.5, 0.6) is 11.6 Å². The van der Waals surface area contributed by atoms with Gasteiger partial charge in [-0.25, -0.2) is 9.78 Å². The van der Waals surface area contributed by atoms with Crippen molar-refractivity contribution in [3.63, 3.8) is 0 Å². The predicted molar refractivity (Wildman–Crippen MR) is 109 cm³/mol. The standard InChI is InChI=1S/C22H24N2O6/c1-4-28-19(25)12-16-15-10-13(14-8-9-24-18(11-14)27-3)6-7-17(15)30-21(23)20(16)22(26)29-5-2/h6-11,16H,4-5,12,23H2,1-3H3. The van der Waals surface area contributed by atoms with Crippen LogP contribution >= 0.6 is 0 Å². The molecule has 0 fully saturated rings. The fourth-order valence-electron chi connectivity index (χ4n) is 3.34. The third-order valence-electron chi connectivity index (χ3n) is 4.67. The summed E-state index contributed by atoms with van der Waals surface area (Å²) in [7, 11) is 1.54. The molecule has 1 aliphatic heterocycles. The van der Waals surface area contributed by atoms with E-state index in [0.29, 0.717) is 17.2 Å². The van der Waals surface area contributed by atoms with Crippen LogP contribution in [-0.4, -0.2) is 37.2 Å². The quantitative estimate of drug-likeness (QED) is 0.691. The Morgan fingerprint density at radius 1 is 1.10 bits per heavy atom. The Morgan fingerprint density at radius 3 is 2.53 bits per heavy atom. The van der Waals surface area contributed by atoms with Gasteiger partial charge in [-0.05, 0) is 43.2 Å². The van der Waals surface area contributed by atoms with Crippen LogP contribution in [0.1, 0.15) is 31.7 Å². The molecule has 8 nitrogen and oxygen atoms in total. The first-order chi connectivity index (χ1) is 14.5. The first-order valence-corrected chi connectivity index (χ1v) is 9.63. The summed E-state index contributed by atoms with van der Waals surface area (Å²) < 4.78 is 21.1. The number of nitrogens with two attached hydrogens (primary N) is 1. The molecule has 8 heteroatoms. The van der Waals surface area contributed by atoms with Gasteiger partial charge in [0, 0.05) is 23.7 Å². The third-order valence-corrected chi connectivity index (χ3v) is 4.67. The van der Waals surface area contributed by atoms with Crippen LogP contribution < -0.4 is 15.2 Å². The van der Waals surface area contributed by atoms with Gasteiger partial charge in [0.1, 0.15) is 11.3 Å². The lowest BCUT2D eigenvalue weighted by Crippen LogP contribution is -2.28. The van der Waals surface area contributed by atoms with Gasteiger partial charge in [-0.15, -0.1) is 0 Å². The third kappa shape index (κ3) is 4.37. The van der Waals surface area contributed by atoms with Crippen LogP contribution in [0.15, 0.2) is 48.0 Å². The molecule has 0 amide bonds. The molecule has 1 aliphatic rings. The Morgan fingerprint density at radius 2 is 1.83 bits per heavy atom. The summed E-state index contributed by atoms with van der Waals surface area (Å²) in [6.45, 7) is 3.83. The summed E-state index contributed by atoms with van der Waals surface area (Å²) in [4.78, 5) is 29.0. The van der Waals surface area contributed by atoms with E-state index in [2.05, 4.69) is 4.98 Å². The number of benzene rings is 1. The number of hydrogen-bond donors (Lipinski definition) is 1. The molecule has 1 unspecified atom stereocenters. The number of esters is 2. The zero-order chi connectivity index (χ0) is 21.7. The Kier molecular flexibility index (Phi) is 6.56. The van der Waals surface area contributed by atoms with Gasteiger partial charge in [0.25, 0.3) is 0 Å². The number of pyridine rings is 1. The van der Waals surface area contributed by atoms with E-state index in [-0.39, 0.29) is 31.1 Å². The highest BCUT2D eigenvalue weighted by atomic mass is 16.5. The van der Waals surface area contributed by atoms with E-state index >= 15 is 0 Å². The van der Waals surface area contributed by atoms with E-state index in [9.17, 15) is 9.59 Å². The first-order valence-electron chi connectivity index (χ1n) is 9.63. The van der Waals surface area contributed by atoms with Crippen molar-refractivity contribution in [2.24, 2.45) is 5.73 Å². The fourth-order valence-corrected chi connectivity index (χ4v) is 3.34. The van der Waals surface area contributed by atoms with Gasteiger partial charge >= 0.3 is 11.9 Å². The number of ether oxygens (including phenoxy) is 4. The molecule has 2 aromatic rings. The monoisotopic (exact) mass is 412 g/mol. The lowest BCUT2D eigenvalue weighted by molar-refractivity contribution is -0.143. The SMILES string of the molecule is CCOC(=O)CC1C(C(=O)OCC)=C(N)Oc2ccc(-c3ccnc(OC)c3)cc21. The van der Waals surface area contributed by atoms with Crippen molar-refractivity contribution >= 4 is 11.9 Å². The molecule has 158 valence electrons. The van der Waals surface area contributed by atoms with E-state index in [0.717, 1.165) is 11.1 Å². The molecule has 0 radical (unpaired) electrons. The predicted octanol–water partition coefficient (Wildman–Crippen LogP) is 2.92. The van der Waals surface area contributed by atoms with Crippen LogP contribution in [0.4, 0.5) is 0 Å². The second kappa shape index (κ2) is 9.30. The second-order valence-corrected chi connectivity index (χ2v) is 6.50. The van der Waals surface area contributed by atoms with Gasteiger partial charge in [-0.1, -0.05) is 6.07 Å². The zero-order valence-electron chi connectivity index (χ0n) is 17.1. The molecule has 3 rings (SSSR count). The summed E-state index contributed by atoms with van der Waals surface area (Å²) in [6, 6.07) is 9.11. The Balaban J connectivity index is 2.07. The van der Waals surface area contributed by atoms with Crippen molar-refractivity contribution in [2.75, 3.05) is 20.3 Å². The van der Waals surface area contributed by atoms with Crippen molar-refractivity contribution in [1.29, 1.82) is 0 Å². The van der Waals surface area contributed by atoms with Crippen LogP contribution in [0.3, 0.4) is 0 Å². The molecular weight excluding hydrogens is 388 g/mol. The largest absolute Gasteiger partial charge is 0.481 e. The van der Waals surface area contributed by atoms with Gasteiger partial charge < -0.3 is 24.7 Å². The highest BCUT2D eigenvalue weighted by Crippen LogP contribution is 2.42. The highest BCUT2D eigenvalue weighted by molar-refractivity contribution is 5.93. The van der Waals surface area contributed by atoms with E-state index in [4.69, 9.17) is 24.7 Å². The Bertz CT molecular complexity index is 985. The maximum atomic E-state index is 12.6. The number of carbonyl (C=O) groups is 2. The van der Waals surface area contributed by atoms with Crippen molar-refractivity contribution in [1.82, 2.24) is 4.98 Å². The van der Waals surface area contributed by atoms with E-state index in [1.165, 1.54) is 0 Å². The van der Waals surface area contributed by atoms with Crippen molar-refractivity contribution in [3.05, 3.63) is 53.5 Å². The maximum Gasteiger partial charge on any atom is 0.340 e. The van der Waals surface area contributed by atoms with Gasteiger partial charge in [0.05, 0.1) is 26.7 Å². The number of hydrogen-bond acceptors (Lipinski definition) is 8. The number of rotatable bonds is 7. The fraction of sp³-hybridized carbons (Fsp3) is 0.318. The van der Waals surface area contributed by atoms with Crippen molar-refractivity contribution in [2.45, 2.75) is 26.2 Å². The van der Waals surface area contributed by atoms with Crippen LogP contribution in [0, 0.1) is 0 Å². The van der Waals surface area contributed by atoms with Gasteiger partial charge in [-0.2, -0.15) is 0 Å². The van der Waals surface area contributed by atoms with Crippen LogP contribution in [0.25, 0.3) is 11.1 Å². The Labute approximate surface area is 174 Å². The number of carbonyl (C=O) groups excluding carboxylic acids is 2. The van der Waals surface area contributed by atoms with Gasteiger partial charge in [-0.3, -0.25) is 4.79 Å². The molecule has 0 spiro atoms. The lowest BCUT2D eigenvalue weighted by Gasteiger charge is -2.28. The summed E-state index contributed by atoms with van der Waals surface area (Å²) in [6.07, 6.45) is 1.57. The Hall–Kier alpha value is -3.55. The van der Waals surface area contributed by atoms with Crippen LogP contribution in [-0.2, 0) is 19.1 Å². The zero-order valence-corrected chi connectivity index (χ0v) is 17.1. The normalized spacial score (nSPS) is 15.1. The van der Waals surface area contributed by atoms with E-state index in [1.807, 2.05) is 18.2 Å². The summed E-state index contributed by atoms with van der Waals surface area (Å²) >= 11 is 0. The number of aromatic nitrogens is 1. The van der Waals surface area contributed by atoms with Crippen molar-refractivity contribution < 1.29 is 28.5 Å².